The summed E-state index contributed by atoms with van der Waals surface area (Å²) in [5.41, 5.74) is 2.75. The van der Waals surface area contributed by atoms with Crippen molar-refractivity contribution in [1.82, 2.24) is 0 Å². The summed E-state index contributed by atoms with van der Waals surface area (Å²) in [6.45, 7) is 1.97. The molecule has 5 nitrogen and oxygen atoms in total. The lowest BCUT2D eigenvalue weighted by molar-refractivity contribution is -0.129. The number of esters is 1. The van der Waals surface area contributed by atoms with Gasteiger partial charge in [0.15, 0.2) is 17.2 Å². The number of hydrogen-bond donors (Lipinski definition) is 0. The number of ether oxygens (including phenoxy) is 3. The second-order valence-corrected chi connectivity index (χ2v) is 5.29. The van der Waals surface area contributed by atoms with E-state index in [1.807, 2.05) is 43.3 Å². The number of methoxy groups -OCH3 is 2. The van der Waals surface area contributed by atoms with E-state index in [2.05, 4.69) is 4.99 Å². The maximum atomic E-state index is 12.1. The highest BCUT2D eigenvalue weighted by Crippen LogP contribution is 2.33. The average Bonchev–Trinajstić information content (AvgIpc) is 2.95. The monoisotopic (exact) mass is 323 g/mol. The van der Waals surface area contributed by atoms with Crippen LogP contribution in [0.5, 0.6) is 11.5 Å². The zero-order valence-corrected chi connectivity index (χ0v) is 13.7. The van der Waals surface area contributed by atoms with Crippen molar-refractivity contribution in [2.45, 2.75) is 6.92 Å². The van der Waals surface area contributed by atoms with Crippen molar-refractivity contribution < 1.29 is 19.0 Å². The number of benzene rings is 2. The SMILES string of the molecule is COc1cccc(/C=C2/N=C(c3cccc(C)c3)OC2=O)c1OC. The lowest BCUT2D eigenvalue weighted by Gasteiger charge is -2.09. The van der Waals surface area contributed by atoms with Crippen LogP contribution >= 0.6 is 0 Å². The van der Waals surface area contributed by atoms with Gasteiger partial charge in [0.25, 0.3) is 0 Å². The molecule has 1 aliphatic rings. The van der Waals surface area contributed by atoms with Crippen LogP contribution < -0.4 is 9.47 Å². The third-order valence-corrected chi connectivity index (χ3v) is 3.61. The zero-order valence-electron chi connectivity index (χ0n) is 13.7. The molecule has 3 rings (SSSR count). The van der Waals surface area contributed by atoms with Crippen LogP contribution in [0.4, 0.5) is 0 Å². The van der Waals surface area contributed by atoms with E-state index in [0.717, 1.165) is 11.1 Å². The first kappa shape index (κ1) is 15.8. The molecule has 0 aliphatic carbocycles. The van der Waals surface area contributed by atoms with E-state index in [4.69, 9.17) is 14.2 Å². The molecular weight excluding hydrogens is 306 g/mol. The van der Waals surface area contributed by atoms with Crippen LogP contribution in [0.15, 0.2) is 53.2 Å². The molecule has 2 aromatic carbocycles. The molecule has 0 bridgehead atoms. The molecule has 0 N–H and O–H groups in total. The van der Waals surface area contributed by atoms with Gasteiger partial charge in [-0.1, -0.05) is 29.8 Å². The first-order chi connectivity index (χ1) is 11.6. The van der Waals surface area contributed by atoms with Crippen LogP contribution in [-0.4, -0.2) is 26.1 Å². The van der Waals surface area contributed by atoms with Crippen LogP contribution in [0.1, 0.15) is 16.7 Å². The van der Waals surface area contributed by atoms with Crippen molar-refractivity contribution in [3.8, 4) is 11.5 Å². The van der Waals surface area contributed by atoms with E-state index in [-0.39, 0.29) is 5.70 Å². The van der Waals surface area contributed by atoms with Crippen molar-refractivity contribution in [3.05, 3.63) is 64.9 Å². The van der Waals surface area contributed by atoms with Gasteiger partial charge >= 0.3 is 5.97 Å². The second kappa shape index (κ2) is 6.58. The van der Waals surface area contributed by atoms with E-state index in [1.165, 1.54) is 0 Å². The van der Waals surface area contributed by atoms with Gasteiger partial charge in [0.2, 0.25) is 5.90 Å². The van der Waals surface area contributed by atoms with Gasteiger partial charge in [-0.2, -0.15) is 0 Å². The summed E-state index contributed by atoms with van der Waals surface area (Å²) < 4.78 is 15.9. The van der Waals surface area contributed by atoms with Gasteiger partial charge in [-0.25, -0.2) is 9.79 Å². The first-order valence-electron chi connectivity index (χ1n) is 7.43. The summed E-state index contributed by atoms with van der Waals surface area (Å²) in [7, 11) is 3.11. The van der Waals surface area contributed by atoms with Gasteiger partial charge in [0.1, 0.15) is 0 Å². The number of aryl methyl sites for hydroxylation is 1. The van der Waals surface area contributed by atoms with Crippen molar-refractivity contribution in [2.75, 3.05) is 14.2 Å². The maximum Gasteiger partial charge on any atom is 0.363 e. The molecule has 122 valence electrons. The van der Waals surface area contributed by atoms with E-state index >= 15 is 0 Å². The highest BCUT2D eigenvalue weighted by molar-refractivity contribution is 6.13. The smallest absolute Gasteiger partial charge is 0.363 e. The van der Waals surface area contributed by atoms with Gasteiger partial charge in [-0.15, -0.1) is 0 Å². The average molecular weight is 323 g/mol. The number of carbonyl (C=O) groups excluding carboxylic acids is 1. The highest BCUT2D eigenvalue weighted by atomic mass is 16.6. The van der Waals surface area contributed by atoms with Crippen LogP contribution in [-0.2, 0) is 9.53 Å². The number of rotatable bonds is 4. The van der Waals surface area contributed by atoms with Crippen LogP contribution in [0.3, 0.4) is 0 Å². The van der Waals surface area contributed by atoms with E-state index in [0.29, 0.717) is 23.0 Å². The number of para-hydroxylation sites is 1. The molecule has 0 spiro atoms. The molecule has 0 saturated carbocycles. The molecule has 0 unspecified atom stereocenters. The summed E-state index contributed by atoms with van der Waals surface area (Å²) in [6, 6.07) is 13.1. The highest BCUT2D eigenvalue weighted by Gasteiger charge is 2.24. The Morgan fingerprint density at radius 3 is 2.58 bits per heavy atom. The molecule has 0 atom stereocenters. The molecule has 1 heterocycles. The first-order valence-corrected chi connectivity index (χ1v) is 7.43. The Hall–Kier alpha value is -3.08. The number of hydrogen-bond acceptors (Lipinski definition) is 5. The van der Waals surface area contributed by atoms with Crippen molar-refractivity contribution >= 4 is 17.9 Å². The standard InChI is InChI=1S/C19H17NO4/c1-12-6-4-8-14(10-12)18-20-15(19(21)24-18)11-13-7-5-9-16(22-2)17(13)23-3/h4-11H,1-3H3/b15-11+. The fraction of sp³-hybridized carbons (Fsp3) is 0.158. The molecule has 5 heteroatoms. The summed E-state index contributed by atoms with van der Waals surface area (Å²) >= 11 is 0. The molecule has 24 heavy (non-hydrogen) atoms. The molecule has 0 aromatic heterocycles. The van der Waals surface area contributed by atoms with Crippen LogP contribution in [0.25, 0.3) is 6.08 Å². The molecule has 0 saturated heterocycles. The minimum absolute atomic E-state index is 0.220. The van der Waals surface area contributed by atoms with Crippen molar-refractivity contribution in [2.24, 2.45) is 4.99 Å². The van der Waals surface area contributed by atoms with Crippen molar-refractivity contribution in [3.63, 3.8) is 0 Å². The maximum absolute atomic E-state index is 12.1. The predicted molar refractivity (Wildman–Crippen MR) is 91.3 cm³/mol. The Labute approximate surface area is 140 Å². The second-order valence-electron chi connectivity index (χ2n) is 5.29. The lowest BCUT2D eigenvalue weighted by Crippen LogP contribution is -2.05. The quantitative estimate of drug-likeness (QED) is 0.639. The summed E-state index contributed by atoms with van der Waals surface area (Å²) in [6.07, 6.45) is 1.63. The Morgan fingerprint density at radius 2 is 1.88 bits per heavy atom. The van der Waals surface area contributed by atoms with Gasteiger partial charge < -0.3 is 14.2 Å². The number of nitrogens with zero attached hydrogens (tertiary/aromatic N) is 1. The Bertz CT molecular complexity index is 852. The normalized spacial score (nSPS) is 15.2. The number of aliphatic imine (C=N–C) groups is 1. The Morgan fingerprint density at radius 1 is 1.08 bits per heavy atom. The van der Waals surface area contributed by atoms with Crippen LogP contribution in [0.2, 0.25) is 0 Å². The van der Waals surface area contributed by atoms with Gasteiger partial charge in [0.05, 0.1) is 14.2 Å². The minimum atomic E-state index is -0.489. The van der Waals surface area contributed by atoms with E-state index in [1.54, 1.807) is 26.4 Å². The van der Waals surface area contributed by atoms with Gasteiger partial charge in [0, 0.05) is 11.1 Å². The third kappa shape index (κ3) is 3.01. The lowest BCUT2D eigenvalue weighted by atomic mass is 10.1. The minimum Gasteiger partial charge on any atom is -0.493 e. The third-order valence-electron chi connectivity index (χ3n) is 3.61. The van der Waals surface area contributed by atoms with Gasteiger partial charge in [-0.05, 0) is 31.2 Å². The van der Waals surface area contributed by atoms with E-state index in [9.17, 15) is 4.79 Å². The fourth-order valence-electron chi connectivity index (χ4n) is 2.48. The Kier molecular flexibility index (Phi) is 4.33. The molecule has 0 radical (unpaired) electrons. The molecule has 0 amide bonds. The molecular formula is C19H17NO4. The predicted octanol–water partition coefficient (Wildman–Crippen LogP) is 3.36. The van der Waals surface area contributed by atoms with Crippen molar-refractivity contribution in [1.29, 1.82) is 0 Å². The fourth-order valence-corrected chi connectivity index (χ4v) is 2.48. The largest absolute Gasteiger partial charge is 0.493 e. The molecule has 1 aliphatic heterocycles. The van der Waals surface area contributed by atoms with E-state index < -0.39 is 5.97 Å². The van der Waals surface area contributed by atoms with Gasteiger partial charge in [-0.3, -0.25) is 0 Å². The molecule has 2 aromatic rings. The topological polar surface area (TPSA) is 57.1 Å². The number of carbonyl (C=O) groups is 1. The number of cyclic esters (lactones) is 1. The Balaban J connectivity index is 2.01. The summed E-state index contributed by atoms with van der Waals surface area (Å²) in [4.78, 5) is 16.4. The molecule has 0 fully saturated rings. The summed E-state index contributed by atoms with van der Waals surface area (Å²) in [5, 5.41) is 0. The summed E-state index contributed by atoms with van der Waals surface area (Å²) in [5.74, 6) is 0.939. The zero-order chi connectivity index (χ0) is 17.1. The van der Waals surface area contributed by atoms with Crippen LogP contribution in [0, 0.1) is 6.92 Å².